The maximum absolute atomic E-state index is 13.1. The van der Waals surface area contributed by atoms with Crippen LogP contribution in [0.25, 0.3) is 16.9 Å². The maximum Gasteiger partial charge on any atom is 0.416 e. The van der Waals surface area contributed by atoms with Gasteiger partial charge in [-0.3, -0.25) is 4.79 Å². The second kappa shape index (κ2) is 9.25. The van der Waals surface area contributed by atoms with Crippen molar-refractivity contribution >= 4 is 29.0 Å². The highest BCUT2D eigenvalue weighted by Gasteiger charge is 2.46. The van der Waals surface area contributed by atoms with Crippen LogP contribution in [0.2, 0.25) is 5.02 Å². The summed E-state index contributed by atoms with van der Waals surface area (Å²) in [5.74, 6) is -0.0296. The number of alkyl halides is 3. The molecule has 3 aromatic rings. The summed E-state index contributed by atoms with van der Waals surface area (Å²) in [6, 6.07) is 4.90. The summed E-state index contributed by atoms with van der Waals surface area (Å²) < 4.78 is 41.1. The number of fused-ring (bicyclic) bond motifs is 1. The number of carboxylic acid groups (broad SMARTS) is 1. The first-order valence-electron chi connectivity index (χ1n) is 12.0. The average Bonchev–Trinajstić information content (AvgIpc) is 3.20. The quantitative estimate of drug-likeness (QED) is 0.398. The molecule has 36 heavy (non-hydrogen) atoms. The molecule has 1 aromatic carbocycles. The number of aryl methyl sites for hydroxylation is 1. The van der Waals surface area contributed by atoms with E-state index in [0.29, 0.717) is 42.8 Å². The van der Waals surface area contributed by atoms with Crippen molar-refractivity contribution in [2.24, 2.45) is 11.3 Å². The van der Waals surface area contributed by atoms with E-state index in [1.165, 1.54) is 6.07 Å². The highest BCUT2D eigenvalue weighted by Crippen LogP contribution is 2.42. The van der Waals surface area contributed by atoms with Gasteiger partial charge in [0.2, 0.25) is 0 Å². The van der Waals surface area contributed by atoms with Gasteiger partial charge in [0.1, 0.15) is 5.82 Å². The summed E-state index contributed by atoms with van der Waals surface area (Å²) in [6.07, 6.45) is -3.20. The molecule has 3 heterocycles. The fourth-order valence-electron chi connectivity index (χ4n) is 5.28. The molecule has 1 aliphatic heterocycles. The van der Waals surface area contributed by atoms with E-state index in [1.54, 1.807) is 10.6 Å². The molecule has 10 heteroatoms. The third kappa shape index (κ3) is 4.42. The maximum atomic E-state index is 13.1. The van der Waals surface area contributed by atoms with E-state index in [4.69, 9.17) is 21.7 Å². The molecule has 2 aromatic heterocycles. The van der Waals surface area contributed by atoms with Crippen molar-refractivity contribution in [2.45, 2.75) is 59.6 Å². The molecule has 0 bridgehead atoms. The van der Waals surface area contributed by atoms with Gasteiger partial charge in [0.25, 0.3) is 0 Å². The number of aliphatic carboxylic acids is 1. The lowest BCUT2D eigenvalue weighted by Gasteiger charge is -2.44. The topological polar surface area (TPSA) is 70.7 Å². The molecule has 0 spiro atoms. The molecule has 194 valence electrons. The number of aromatic nitrogens is 3. The SMILES string of the molecule is Cc1nc2cc(-c3ccc(C(F)(F)F)cc3Cl)nn2c(N2CCC[C@@](C(=O)O)(C(C)C)C2)c1C(C)C. The summed E-state index contributed by atoms with van der Waals surface area (Å²) in [6.45, 7) is 10.9. The normalized spacial score (nSPS) is 19.0. The van der Waals surface area contributed by atoms with E-state index in [1.807, 2.05) is 34.6 Å². The largest absolute Gasteiger partial charge is 0.481 e. The van der Waals surface area contributed by atoms with Crippen LogP contribution in [0.3, 0.4) is 0 Å². The molecule has 0 radical (unpaired) electrons. The zero-order valence-corrected chi connectivity index (χ0v) is 21.7. The Balaban J connectivity index is 1.90. The van der Waals surface area contributed by atoms with Crippen molar-refractivity contribution in [1.29, 1.82) is 0 Å². The van der Waals surface area contributed by atoms with E-state index >= 15 is 0 Å². The van der Waals surface area contributed by atoms with Crippen LogP contribution >= 0.6 is 11.6 Å². The van der Waals surface area contributed by atoms with Crippen LogP contribution < -0.4 is 4.90 Å². The van der Waals surface area contributed by atoms with Gasteiger partial charge in [-0.15, -0.1) is 0 Å². The van der Waals surface area contributed by atoms with Crippen LogP contribution in [0.5, 0.6) is 0 Å². The van der Waals surface area contributed by atoms with Crippen LogP contribution in [0, 0.1) is 18.3 Å². The minimum absolute atomic E-state index is 0.0572. The molecule has 0 unspecified atom stereocenters. The lowest BCUT2D eigenvalue weighted by molar-refractivity contribution is -0.152. The van der Waals surface area contributed by atoms with E-state index in [-0.39, 0.29) is 16.9 Å². The molecule has 0 amide bonds. The van der Waals surface area contributed by atoms with Gasteiger partial charge in [-0.05, 0) is 43.7 Å². The molecular formula is C26H30ClF3N4O2. The van der Waals surface area contributed by atoms with Gasteiger partial charge >= 0.3 is 12.1 Å². The number of halogens is 4. The predicted octanol–water partition coefficient (Wildman–Crippen LogP) is 6.83. The highest BCUT2D eigenvalue weighted by atomic mass is 35.5. The highest BCUT2D eigenvalue weighted by molar-refractivity contribution is 6.33. The predicted molar refractivity (Wildman–Crippen MR) is 134 cm³/mol. The summed E-state index contributed by atoms with van der Waals surface area (Å²) in [7, 11) is 0. The van der Waals surface area contributed by atoms with Crippen LogP contribution in [-0.4, -0.2) is 38.8 Å². The smallest absolute Gasteiger partial charge is 0.416 e. The summed E-state index contributed by atoms with van der Waals surface area (Å²) >= 11 is 6.26. The van der Waals surface area contributed by atoms with Gasteiger partial charge in [-0.25, -0.2) is 4.98 Å². The number of hydrogen-bond donors (Lipinski definition) is 1. The molecule has 1 saturated heterocycles. The summed E-state index contributed by atoms with van der Waals surface area (Å²) in [4.78, 5) is 19.2. The van der Waals surface area contributed by atoms with Crippen LogP contribution in [-0.2, 0) is 11.0 Å². The summed E-state index contributed by atoms with van der Waals surface area (Å²) in [5.41, 5.74) is 1.31. The van der Waals surface area contributed by atoms with Crippen molar-refractivity contribution in [2.75, 3.05) is 18.0 Å². The monoisotopic (exact) mass is 522 g/mol. The Hall–Kier alpha value is -2.81. The minimum Gasteiger partial charge on any atom is -0.481 e. The first-order valence-corrected chi connectivity index (χ1v) is 12.4. The zero-order chi connectivity index (χ0) is 26.6. The molecular weight excluding hydrogens is 493 g/mol. The van der Waals surface area contributed by atoms with Gasteiger partial charge in [0.05, 0.1) is 21.7 Å². The van der Waals surface area contributed by atoms with E-state index in [9.17, 15) is 23.1 Å². The minimum atomic E-state index is -4.50. The molecule has 6 nitrogen and oxygen atoms in total. The van der Waals surface area contributed by atoms with Gasteiger partial charge in [-0.1, -0.05) is 45.4 Å². The standard InChI is InChI=1S/C26H30ClF3N4O2/c1-14(2)22-16(5)31-21-12-20(18-8-7-17(11-19(18)27)26(28,29)30)32-34(21)23(22)33-10-6-9-25(13-33,15(3)4)24(35)36/h7-8,11-12,14-15H,6,9-10,13H2,1-5H3,(H,35,36)/t25-/m0/s1. The first kappa shape index (κ1) is 26.3. The fourth-order valence-corrected chi connectivity index (χ4v) is 5.56. The Morgan fingerprint density at radius 1 is 1.19 bits per heavy atom. The van der Waals surface area contributed by atoms with E-state index in [2.05, 4.69) is 4.90 Å². The Labute approximate surface area is 213 Å². The molecule has 0 aliphatic carbocycles. The molecule has 1 fully saturated rings. The van der Waals surface area contributed by atoms with Gasteiger partial charge in [0, 0.05) is 36.0 Å². The van der Waals surface area contributed by atoms with Gasteiger partial charge in [0.15, 0.2) is 5.65 Å². The molecule has 1 aliphatic rings. The average molecular weight is 523 g/mol. The number of carbonyl (C=O) groups is 1. The molecule has 4 rings (SSSR count). The number of rotatable bonds is 5. The zero-order valence-electron chi connectivity index (χ0n) is 20.9. The summed E-state index contributed by atoms with van der Waals surface area (Å²) in [5, 5.41) is 14.9. The third-order valence-corrected chi connectivity index (χ3v) is 7.62. The number of benzene rings is 1. The van der Waals surface area contributed by atoms with Crippen LogP contribution in [0.4, 0.5) is 19.0 Å². The fraction of sp³-hybridized carbons (Fsp3) is 0.500. The Kier molecular flexibility index (Phi) is 6.75. The van der Waals surface area contributed by atoms with Gasteiger partial charge < -0.3 is 10.0 Å². The van der Waals surface area contributed by atoms with Crippen molar-refractivity contribution in [3.8, 4) is 11.3 Å². The Bertz CT molecular complexity index is 1320. The van der Waals surface area contributed by atoms with Crippen molar-refractivity contribution in [3.63, 3.8) is 0 Å². The lowest BCUT2D eigenvalue weighted by Crippen LogP contribution is -2.51. The van der Waals surface area contributed by atoms with Crippen LogP contribution in [0.1, 0.15) is 63.3 Å². The molecule has 1 N–H and O–H groups in total. The number of nitrogens with zero attached hydrogens (tertiary/aromatic N) is 4. The van der Waals surface area contributed by atoms with Crippen LogP contribution in [0.15, 0.2) is 24.3 Å². The molecule has 1 atom stereocenters. The van der Waals surface area contributed by atoms with E-state index in [0.717, 1.165) is 29.2 Å². The second-order valence-electron chi connectivity index (χ2n) is 10.2. The Morgan fingerprint density at radius 3 is 2.44 bits per heavy atom. The number of carboxylic acids is 1. The number of piperidine rings is 1. The first-order chi connectivity index (χ1) is 16.8. The Morgan fingerprint density at radius 2 is 1.89 bits per heavy atom. The number of hydrogen-bond acceptors (Lipinski definition) is 4. The molecule has 0 saturated carbocycles. The van der Waals surface area contributed by atoms with Crippen molar-refractivity contribution in [1.82, 2.24) is 14.6 Å². The lowest BCUT2D eigenvalue weighted by atomic mass is 9.71. The third-order valence-electron chi connectivity index (χ3n) is 7.31. The number of anilines is 1. The van der Waals surface area contributed by atoms with Gasteiger partial charge in [-0.2, -0.15) is 22.8 Å². The van der Waals surface area contributed by atoms with E-state index < -0.39 is 23.1 Å². The second-order valence-corrected chi connectivity index (χ2v) is 10.6. The van der Waals surface area contributed by atoms with Crippen molar-refractivity contribution in [3.05, 3.63) is 46.1 Å². The van der Waals surface area contributed by atoms with Crippen molar-refractivity contribution < 1.29 is 23.1 Å².